The quantitative estimate of drug-likeness (QED) is 0.772. The van der Waals surface area contributed by atoms with E-state index in [9.17, 15) is 13.2 Å². The number of nitrogens with one attached hydrogen (secondary N) is 1. The number of H-pyrrole nitrogens is 1. The number of aryl methyl sites for hydroxylation is 1. The monoisotopic (exact) mass is 267 g/mol. The lowest BCUT2D eigenvalue weighted by Crippen LogP contribution is -2.13. The van der Waals surface area contributed by atoms with Crippen molar-refractivity contribution in [1.29, 1.82) is 0 Å². The van der Waals surface area contributed by atoms with E-state index in [4.69, 9.17) is 0 Å². The summed E-state index contributed by atoms with van der Waals surface area (Å²) >= 11 is 0. The van der Waals surface area contributed by atoms with Crippen LogP contribution in [-0.2, 0) is 12.8 Å². The van der Waals surface area contributed by atoms with Crippen LogP contribution in [0.25, 0.3) is 10.9 Å². The maximum Gasteiger partial charge on any atom is 0.168 e. The molecule has 1 aromatic heterocycles. The molecule has 3 rings (SSSR count). The van der Waals surface area contributed by atoms with Gasteiger partial charge in [-0.1, -0.05) is 19.8 Å². The molecular weight excluding hydrogens is 251 g/mol. The fraction of sp³-hybridized carbons (Fsp3) is 0.467. The number of hydrogen-bond acceptors (Lipinski definition) is 0. The van der Waals surface area contributed by atoms with E-state index in [2.05, 4.69) is 11.9 Å². The summed E-state index contributed by atoms with van der Waals surface area (Å²) in [4.78, 5) is 2.93. The van der Waals surface area contributed by atoms with Gasteiger partial charge < -0.3 is 4.98 Å². The molecule has 102 valence electrons. The molecule has 1 atom stereocenters. The smallest absolute Gasteiger partial charge is 0.168 e. The summed E-state index contributed by atoms with van der Waals surface area (Å²) in [5, 5.41) is 0.119. The Hall–Kier alpha value is -1.45. The molecule has 1 unspecified atom stereocenters. The Morgan fingerprint density at radius 3 is 2.79 bits per heavy atom. The zero-order chi connectivity index (χ0) is 13.6. The van der Waals surface area contributed by atoms with Crippen LogP contribution >= 0.6 is 0 Å². The van der Waals surface area contributed by atoms with Crippen molar-refractivity contribution in [2.24, 2.45) is 5.92 Å². The third-order valence-electron chi connectivity index (χ3n) is 4.11. The summed E-state index contributed by atoms with van der Waals surface area (Å²) in [7, 11) is 0. The van der Waals surface area contributed by atoms with E-state index in [0.717, 1.165) is 36.9 Å². The first-order valence-electron chi connectivity index (χ1n) is 6.78. The van der Waals surface area contributed by atoms with Crippen molar-refractivity contribution in [1.82, 2.24) is 4.98 Å². The van der Waals surface area contributed by atoms with Crippen molar-refractivity contribution in [3.05, 3.63) is 34.8 Å². The predicted molar refractivity (Wildman–Crippen MR) is 68.6 cm³/mol. The summed E-state index contributed by atoms with van der Waals surface area (Å²) in [5.74, 6) is -2.26. The summed E-state index contributed by atoms with van der Waals surface area (Å²) in [6.07, 6.45) is 4.68. The topological polar surface area (TPSA) is 15.8 Å². The molecule has 0 aliphatic heterocycles. The molecule has 19 heavy (non-hydrogen) atoms. The number of fused-ring (bicyclic) bond motifs is 3. The van der Waals surface area contributed by atoms with Crippen LogP contribution in [0, 0.1) is 23.4 Å². The maximum absolute atomic E-state index is 14.0. The Bertz CT molecular complexity index is 630. The molecule has 1 aromatic carbocycles. The lowest BCUT2D eigenvalue weighted by atomic mass is 9.84. The van der Waals surface area contributed by atoms with Crippen LogP contribution in [0.3, 0.4) is 0 Å². The van der Waals surface area contributed by atoms with E-state index in [0.29, 0.717) is 18.4 Å². The molecule has 1 heterocycles. The number of benzene rings is 1. The van der Waals surface area contributed by atoms with Gasteiger partial charge in [0, 0.05) is 17.1 Å². The van der Waals surface area contributed by atoms with Gasteiger partial charge in [-0.2, -0.15) is 0 Å². The van der Waals surface area contributed by atoms with Crippen molar-refractivity contribution in [2.75, 3.05) is 0 Å². The molecule has 1 aliphatic carbocycles. The molecule has 1 nitrogen and oxygen atoms in total. The highest BCUT2D eigenvalue weighted by Gasteiger charge is 2.26. The Balaban J connectivity index is 2.17. The highest BCUT2D eigenvalue weighted by Crippen LogP contribution is 2.36. The van der Waals surface area contributed by atoms with Crippen LogP contribution in [0.4, 0.5) is 13.2 Å². The third kappa shape index (κ3) is 1.94. The second-order valence-corrected chi connectivity index (χ2v) is 5.38. The molecule has 4 heteroatoms. The fourth-order valence-corrected chi connectivity index (χ4v) is 3.21. The number of aromatic nitrogens is 1. The molecule has 2 aromatic rings. The van der Waals surface area contributed by atoms with Gasteiger partial charge in [-0.25, -0.2) is 13.2 Å². The van der Waals surface area contributed by atoms with E-state index < -0.39 is 17.5 Å². The Kier molecular flexibility index (Phi) is 3.03. The van der Waals surface area contributed by atoms with Crippen molar-refractivity contribution in [3.8, 4) is 0 Å². The summed E-state index contributed by atoms with van der Waals surface area (Å²) in [6.45, 7) is 2.12. The minimum absolute atomic E-state index is 0.112. The second-order valence-electron chi connectivity index (χ2n) is 5.38. The van der Waals surface area contributed by atoms with Gasteiger partial charge in [0.05, 0.1) is 5.52 Å². The summed E-state index contributed by atoms with van der Waals surface area (Å²) < 4.78 is 41.0. The third-order valence-corrected chi connectivity index (χ3v) is 4.11. The van der Waals surface area contributed by atoms with Crippen molar-refractivity contribution in [3.63, 3.8) is 0 Å². The molecule has 0 spiro atoms. The molecule has 0 fully saturated rings. The zero-order valence-electron chi connectivity index (χ0n) is 10.8. The van der Waals surface area contributed by atoms with Crippen molar-refractivity contribution < 1.29 is 13.2 Å². The van der Waals surface area contributed by atoms with Gasteiger partial charge in [-0.15, -0.1) is 0 Å². The van der Waals surface area contributed by atoms with E-state index in [1.807, 2.05) is 0 Å². The standard InChI is InChI=1S/C15H16F3N/c1-2-3-8-4-5-12-9(6-8)13-14(18)10(16)7-11(17)15(13)19-12/h7-8,19H,2-6H2,1H3. The fourth-order valence-electron chi connectivity index (χ4n) is 3.21. The number of rotatable bonds is 2. The minimum atomic E-state index is -1.11. The molecule has 0 bridgehead atoms. The second kappa shape index (κ2) is 4.58. The molecule has 0 amide bonds. The maximum atomic E-state index is 14.0. The van der Waals surface area contributed by atoms with Gasteiger partial charge in [-0.05, 0) is 30.7 Å². The van der Waals surface area contributed by atoms with Gasteiger partial charge in [0.25, 0.3) is 0 Å². The van der Waals surface area contributed by atoms with Crippen LogP contribution < -0.4 is 0 Å². The SMILES string of the molecule is CCCC1CCc2[nH]c3c(F)cc(F)c(F)c3c2C1. The van der Waals surface area contributed by atoms with Gasteiger partial charge in [0.15, 0.2) is 11.6 Å². The number of aromatic amines is 1. The van der Waals surface area contributed by atoms with Gasteiger partial charge in [0.1, 0.15) is 5.82 Å². The van der Waals surface area contributed by atoms with Gasteiger partial charge in [-0.3, -0.25) is 0 Å². The molecular formula is C15H16F3N. The van der Waals surface area contributed by atoms with E-state index in [1.165, 1.54) is 0 Å². The molecule has 1 N–H and O–H groups in total. The Morgan fingerprint density at radius 1 is 1.26 bits per heavy atom. The van der Waals surface area contributed by atoms with E-state index in [1.54, 1.807) is 0 Å². The number of hydrogen-bond donors (Lipinski definition) is 1. The molecule has 1 aliphatic rings. The van der Waals surface area contributed by atoms with Crippen LogP contribution in [-0.4, -0.2) is 4.98 Å². The van der Waals surface area contributed by atoms with E-state index in [-0.39, 0.29) is 10.9 Å². The predicted octanol–water partition coefficient (Wildman–Crippen LogP) is 4.49. The normalized spacial score (nSPS) is 18.8. The van der Waals surface area contributed by atoms with Crippen LogP contribution in [0.15, 0.2) is 6.07 Å². The average molecular weight is 267 g/mol. The van der Waals surface area contributed by atoms with Gasteiger partial charge >= 0.3 is 0 Å². The van der Waals surface area contributed by atoms with Crippen LogP contribution in [0.2, 0.25) is 0 Å². The Morgan fingerprint density at radius 2 is 2.05 bits per heavy atom. The highest BCUT2D eigenvalue weighted by molar-refractivity contribution is 5.86. The van der Waals surface area contributed by atoms with Crippen LogP contribution in [0.1, 0.15) is 37.4 Å². The van der Waals surface area contributed by atoms with Crippen molar-refractivity contribution in [2.45, 2.75) is 39.0 Å². The van der Waals surface area contributed by atoms with Crippen molar-refractivity contribution >= 4 is 10.9 Å². The lowest BCUT2D eigenvalue weighted by molar-refractivity contribution is 0.421. The molecule has 0 saturated heterocycles. The van der Waals surface area contributed by atoms with Crippen LogP contribution in [0.5, 0.6) is 0 Å². The highest BCUT2D eigenvalue weighted by atomic mass is 19.2. The number of halogens is 3. The first-order chi connectivity index (χ1) is 9.11. The molecule has 0 radical (unpaired) electrons. The zero-order valence-corrected chi connectivity index (χ0v) is 10.8. The molecule has 0 saturated carbocycles. The summed E-state index contributed by atoms with van der Waals surface area (Å²) in [6, 6.07) is 0.614. The lowest BCUT2D eigenvalue weighted by Gasteiger charge is -2.21. The minimum Gasteiger partial charge on any atom is -0.356 e. The van der Waals surface area contributed by atoms with E-state index >= 15 is 0 Å². The first kappa shape index (κ1) is 12.6. The largest absolute Gasteiger partial charge is 0.356 e. The summed E-state index contributed by atoms with van der Waals surface area (Å²) in [5.41, 5.74) is 1.75. The average Bonchev–Trinajstić information content (AvgIpc) is 2.76. The van der Waals surface area contributed by atoms with Gasteiger partial charge in [0.2, 0.25) is 0 Å². The Labute approximate surface area is 109 Å². The first-order valence-corrected chi connectivity index (χ1v) is 6.78.